The molecule has 0 bridgehead atoms. The van der Waals surface area contributed by atoms with E-state index in [1.807, 2.05) is 6.92 Å². The number of aliphatic hydroxyl groups is 1. The van der Waals surface area contributed by atoms with Crippen molar-refractivity contribution < 1.29 is 28.9 Å². The van der Waals surface area contributed by atoms with E-state index in [0.717, 1.165) is 0 Å². The number of methoxy groups -OCH3 is 2. The Hall–Kier alpha value is -3.03. The number of halogens is 1. The molecule has 1 fully saturated rings. The molecule has 8 heteroatoms. The minimum Gasteiger partial charge on any atom is -0.507 e. The fourth-order valence-corrected chi connectivity index (χ4v) is 3.76. The zero-order chi connectivity index (χ0) is 22.5. The Morgan fingerprint density at radius 3 is 2.55 bits per heavy atom. The molecule has 1 unspecified atom stereocenters. The van der Waals surface area contributed by atoms with Gasteiger partial charge in [-0.1, -0.05) is 29.8 Å². The quantitative estimate of drug-likeness (QED) is 0.378. The van der Waals surface area contributed by atoms with Crippen molar-refractivity contribution in [1.29, 1.82) is 0 Å². The van der Waals surface area contributed by atoms with Gasteiger partial charge in [0.1, 0.15) is 17.3 Å². The molecule has 7 nitrogen and oxygen atoms in total. The molecule has 1 amide bonds. The highest BCUT2D eigenvalue weighted by Crippen LogP contribution is 2.43. The lowest BCUT2D eigenvalue weighted by molar-refractivity contribution is -0.140. The Balaban J connectivity index is 2.20. The Bertz CT molecular complexity index is 1020. The molecule has 0 saturated carbocycles. The first kappa shape index (κ1) is 22.7. The highest BCUT2D eigenvalue weighted by molar-refractivity contribution is 6.46. The average Bonchev–Trinajstić information content (AvgIpc) is 3.03. The molecule has 1 saturated heterocycles. The SMILES string of the molecule is CCOc1cc(/C(O)=C2\C(=O)C(=O)N(CCOC)C2c2ccccc2OC)ccc1Cl. The van der Waals surface area contributed by atoms with Crippen molar-refractivity contribution >= 4 is 29.1 Å². The van der Waals surface area contributed by atoms with Gasteiger partial charge < -0.3 is 24.2 Å². The lowest BCUT2D eigenvalue weighted by Crippen LogP contribution is -2.32. The Morgan fingerprint density at radius 2 is 1.87 bits per heavy atom. The van der Waals surface area contributed by atoms with E-state index in [4.69, 9.17) is 25.8 Å². The van der Waals surface area contributed by atoms with E-state index in [1.54, 1.807) is 42.5 Å². The predicted molar refractivity (Wildman–Crippen MR) is 117 cm³/mol. The first-order valence-electron chi connectivity index (χ1n) is 9.77. The van der Waals surface area contributed by atoms with E-state index < -0.39 is 17.7 Å². The fraction of sp³-hybridized carbons (Fsp3) is 0.304. The zero-order valence-corrected chi connectivity index (χ0v) is 18.3. The van der Waals surface area contributed by atoms with Gasteiger partial charge in [0.25, 0.3) is 11.7 Å². The summed E-state index contributed by atoms with van der Waals surface area (Å²) >= 11 is 6.15. The number of Topliss-reactive ketones (excluding diaryl/α,β-unsaturated/α-hetero) is 1. The second-order valence-electron chi connectivity index (χ2n) is 6.81. The van der Waals surface area contributed by atoms with Gasteiger partial charge in [-0.3, -0.25) is 9.59 Å². The van der Waals surface area contributed by atoms with Crippen LogP contribution in [0.5, 0.6) is 11.5 Å². The molecule has 1 aliphatic rings. The zero-order valence-electron chi connectivity index (χ0n) is 17.6. The van der Waals surface area contributed by atoms with E-state index >= 15 is 0 Å². The summed E-state index contributed by atoms with van der Waals surface area (Å²) in [6.07, 6.45) is 0. The monoisotopic (exact) mass is 445 g/mol. The Morgan fingerprint density at radius 1 is 1.13 bits per heavy atom. The van der Waals surface area contributed by atoms with Crippen LogP contribution in [0.2, 0.25) is 5.02 Å². The van der Waals surface area contributed by atoms with Gasteiger partial charge in [0, 0.05) is 24.8 Å². The van der Waals surface area contributed by atoms with Crippen molar-refractivity contribution in [2.24, 2.45) is 0 Å². The summed E-state index contributed by atoms with van der Waals surface area (Å²) in [4.78, 5) is 27.2. The van der Waals surface area contributed by atoms with Crippen molar-refractivity contribution in [3.63, 3.8) is 0 Å². The van der Waals surface area contributed by atoms with Crippen LogP contribution in [-0.4, -0.2) is 55.7 Å². The van der Waals surface area contributed by atoms with Crippen LogP contribution in [0.3, 0.4) is 0 Å². The molecule has 0 aliphatic carbocycles. The van der Waals surface area contributed by atoms with E-state index in [9.17, 15) is 14.7 Å². The fourth-order valence-electron chi connectivity index (χ4n) is 3.59. The smallest absolute Gasteiger partial charge is 0.295 e. The largest absolute Gasteiger partial charge is 0.507 e. The van der Waals surface area contributed by atoms with Crippen molar-refractivity contribution in [2.45, 2.75) is 13.0 Å². The first-order valence-corrected chi connectivity index (χ1v) is 10.1. The van der Waals surface area contributed by atoms with Gasteiger partial charge in [0.2, 0.25) is 0 Å². The second kappa shape index (κ2) is 9.85. The van der Waals surface area contributed by atoms with Gasteiger partial charge >= 0.3 is 0 Å². The van der Waals surface area contributed by atoms with E-state index in [2.05, 4.69) is 0 Å². The normalized spacial score (nSPS) is 17.8. The van der Waals surface area contributed by atoms with Crippen LogP contribution in [0.15, 0.2) is 48.0 Å². The maximum Gasteiger partial charge on any atom is 0.295 e. The van der Waals surface area contributed by atoms with E-state index in [1.165, 1.54) is 19.1 Å². The lowest BCUT2D eigenvalue weighted by atomic mass is 9.94. The number of likely N-dealkylation sites (tertiary alicyclic amines) is 1. The predicted octanol–water partition coefficient (Wildman–Crippen LogP) is 3.82. The molecule has 2 aromatic carbocycles. The summed E-state index contributed by atoms with van der Waals surface area (Å²) in [7, 11) is 3.02. The number of carbonyl (C=O) groups excluding carboxylic acids is 2. The highest BCUT2D eigenvalue weighted by atomic mass is 35.5. The molecular formula is C23H24ClNO6. The van der Waals surface area contributed by atoms with Crippen molar-refractivity contribution in [3.05, 3.63) is 64.2 Å². The molecule has 1 N–H and O–H groups in total. The lowest BCUT2D eigenvalue weighted by Gasteiger charge is -2.26. The van der Waals surface area contributed by atoms with E-state index in [-0.39, 0.29) is 24.5 Å². The number of amides is 1. The van der Waals surface area contributed by atoms with Crippen LogP contribution in [0.25, 0.3) is 5.76 Å². The third-order valence-electron chi connectivity index (χ3n) is 5.01. The van der Waals surface area contributed by atoms with Crippen molar-refractivity contribution in [2.75, 3.05) is 34.0 Å². The summed E-state index contributed by atoms with van der Waals surface area (Å²) in [6, 6.07) is 10.9. The summed E-state index contributed by atoms with van der Waals surface area (Å²) in [5.41, 5.74) is 0.869. The summed E-state index contributed by atoms with van der Waals surface area (Å²) in [5.74, 6) is -0.942. The third-order valence-corrected chi connectivity index (χ3v) is 5.33. The minimum atomic E-state index is -0.836. The molecule has 1 atom stereocenters. The maximum atomic E-state index is 13.0. The number of para-hydroxylation sites is 1. The molecule has 164 valence electrons. The average molecular weight is 446 g/mol. The van der Waals surface area contributed by atoms with Crippen LogP contribution >= 0.6 is 11.6 Å². The van der Waals surface area contributed by atoms with Crippen molar-refractivity contribution in [3.8, 4) is 11.5 Å². The van der Waals surface area contributed by atoms with Crippen molar-refractivity contribution in [1.82, 2.24) is 4.90 Å². The Kier molecular flexibility index (Phi) is 7.20. The van der Waals surface area contributed by atoms with Crippen LogP contribution in [0, 0.1) is 0 Å². The number of hydrogen-bond donors (Lipinski definition) is 1. The minimum absolute atomic E-state index is 0.0321. The number of ketones is 1. The molecule has 1 aliphatic heterocycles. The maximum absolute atomic E-state index is 13.0. The number of carbonyl (C=O) groups is 2. The highest BCUT2D eigenvalue weighted by Gasteiger charge is 2.46. The number of nitrogens with zero attached hydrogens (tertiary/aromatic N) is 1. The molecule has 31 heavy (non-hydrogen) atoms. The number of ether oxygens (including phenoxy) is 3. The number of aliphatic hydroxyl groups excluding tert-OH is 1. The summed E-state index contributed by atoms with van der Waals surface area (Å²) in [6.45, 7) is 2.60. The summed E-state index contributed by atoms with van der Waals surface area (Å²) < 4.78 is 16.1. The van der Waals surface area contributed by atoms with Gasteiger partial charge in [-0.05, 0) is 31.2 Å². The molecule has 1 heterocycles. The number of rotatable bonds is 8. The van der Waals surface area contributed by atoms with Gasteiger partial charge in [0.15, 0.2) is 0 Å². The third kappa shape index (κ3) is 4.38. The molecule has 2 aromatic rings. The van der Waals surface area contributed by atoms with Crippen LogP contribution in [0.1, 0.15) is 24.1 Å². The van der Waals surface area contributed by atoms with Gasteiger partial charge in [-0.25, -0.2) is 0 Å². The van der Waals surface area contributed by atoms with Gasteiger partial charge in [-0.2, -0.15) is 0 Å². The van der Waals surface area contributed by atoms with Crippen LogP contribution in [0.4, 0.5) is 0 Å². The number of benzene rings is 2. The van der Waals surface area contributed by atoms with Crippen LogP contribution in [-0.2, 0) is 14.3 Å². The van der Waals surface area contributed by atoms with Gasteiger partial charge in [0.05, 0.1) is 37.0 Å². The standard InChI is InChI=1S/C23H24ClNO6/c1-4-31-18-13-14(9-10-16(18)24)21(26)19-20(15-7-5-6-8-17(15)30-3)25(11-12-29-2)23(28)22(19)27/h5-10,13,20,26H,4,11-12H2,1-3H3/b21-19+. The summed E-state index contributed by atoms with van der Waals surface area (Å²) in [5, 5.41) is 11.5. The number of hydrogen-bond acceptors (Lipinski definition) is 6. The molecule has 0 aromatic heterocycles. The second-order valence-corrected chi connectivity index (χ2v) is 7.21. The van der Waals surface area contributed by atoms with Crippen LogP contribution < -0.4 is 9.47 Å². The van der Waals surface area contributed by atoms with E-state index in [0.29, 0.717) is 34.3 Å². The molecule has 0 spiro atoms. The Labute approximate surface area is 185 Å². The molecule has 0 radical (unpaired) electrons. The molecule has 3 rings (SSSR count). The topological polar surface area (TPSA) is 85.3 Å². The molecular weight excluding hydrogens is 422 g/mol. The first-order chi connectivity index (χ1) is 14.9. The van der Waals surface area contributed by atoms with Gasteiger partial charge in [-0.15, -0.1) is 0 Å².